The summed E-state index contributed by atoms with van der Waals surface area (Å²) in [6.45, 7) is 2.02. The highest BCUT2D eigenvalue weighted by Gasteiger charge is 2.07. The van der Waals surface area contributed by atoms with Gasteiger partial charge in [0.15, 0.2) is 0 Å². The summed E-state index contributed by atoms with van der Waals surface area (Å²) in [7, 11) is 0. The molecule has 1 aromatic carbocycles. The third-order valence-electron chi connectivity index (χ3n) is 1.66. The molecule has 15 heavy (non-hydrogen) atoms. The fraction of sp³-hybridized carbons (Fsp3) is 0.182. The van der Waals surface area contributed by atoms with Crippen LogP contribution in [-0.2, 0) is 9.53 Å². The van der Waals surface area contributed by atoms with Crippen LogP contribution in [-0.4, -0.2) is 12.6 Å². The first-order valence-corrected chi connectivity index (χ1v) is 5.19. The minimum Gasteiger partial charge on any atom is -0.462 e. The van der Waals surface area contributed by atoms with Gasteiger partial charge in [-0.15, -0.1) is 0 Å². The number of rotatable bonds is 3. The first kappa shape index (κ1) is 12.1. The molecule has 0 radical (unpaired) electrons. The fourth-order valence-electron chi connectivity index (χ4n) is 0.988. The minimum absolute atomic E-state index is 0.0185. The van der Waals surface area contributed by atoms with Crippen molar-refractivity contribution in [2.75, 3.05) is 6.61 Å². The van der Waals surface area contributed by atoms with Gasteiger partial charge >= 0.3 is 5.97 Å². The molecule has 4 heteroatoms. The summed E-state index contributed by atoms with van der Waals surface area (Å²) in [6.07, 6.45) is 1.49. The van der Waals surface area contributed by atoms with Crippen LogP contribution in [0.2, 0.25) is 5.02 Å². The van der Waals surface area contributed by atoms with E-state index in [9.17, 15) is 4.79 Å². The average molecular weight is 245 g/mol. The molecule has 0 saturated heterocycles. The van der Waals surface area contributed by atoms with Gasteiger partial charge in [-0.25, -0.2) is 4.79 Å². The largest absolute Gasteiger partial charge is 0.462 e. The van der Waals surface area contributed by atoms with Crippen molar-refractivity contribution < 1.29 is 9.53 Å². The van der Waals surface area contributed by atoms with Gasteiger partial charge in [-0.2, -0.15) is 0 Å². The Labute approximate surface area is 98.4 Å². The van der Waals surface area contributed by atoms with Gasteiger partial charge in [-0.1, -0.05) is 41.4 Å². The van der Waals surface area contributed by atoms with Gasteiger partial charge in [-0.05, 0) is 24.6 Å². The van der Waals surface area contributed by atoms with Crippen molar-refractivity contribution in [3.63, 3.8) is 0 Å². The lowest BCUT2D eigenvalue weighted by molar-refractivity contribution is -0.137. The second-order valence-electron chi connectivity index (χ2n) is 2.73. The summed E-state index contributed by atoms with van der Waals surface area (Å²) in [5.41, 5.74) is 0.692. The van der Waals surface area contributed by atoms with Crippen LogP contribution in [0.3, 0.4) is 0 Å². The van der Waals surface area contributed by atoms with E-state index in [4.69, 9.17) is 27.9 Å². The first-order chi connectivity index (χ1) is 7.15. The molecule has 0 aliphatic carbocycles. The van der Waals surface area contributed by atoms with E-state index in [0.717, 1.165) is 0 Å². The topological polar surface area (TPSA) is 26.3 Å². The fourth-order valence-corrected chi connectivity index (χ4v) is 1.35. The van der Waals surface area contributed by atoms with Crippen molar-refractivity contribution in [1.29, 1.82) is 0 Å². The second-order valence-corrected chi connectivity index (χ2v) is 3.55. The molecule has 0 saturated carbocycles. The Morgan fingerprint density at radius 1 is 1.47 bits per heavy atom. The Balaban J connectivity index is 2.88. The van der Waals surface area contributed by atoms with E-state index in [1.165, 1.54) is 6.08 Å². The van der Waals surface area contributed by atoms with E-state index in [1.807, 2.05) is 6.07 Å². The van der Waals surface area contributed by atoms with Crippen LogP contribution in [0.1, 0.15) is 12.5 Å². The maximum absolute atomic E-state index is 11.2. The van der Waals surface area contributed by atoms with Crippen LogP contribution < -0.4 is 0 Å². The number of carbonyl (C=O) groups excluding carboxylic acids is 1. The quantitative estimate of drug-likeness (QED) is 0.601. The number of hydrogen-bond donors (Lipinski definition) is 0. The van der Waals surface area contributed by atoms with Crippen molar-refractivity contribution in [3.8, 4) is 0 Å². The van der Waals surface area contributed by atoms with E-state index in [-0.39, 0.29) is 5.03 Å². The molecule has 0 N–H and O–H groups in total. The highest BCUT2D eigenvalue weighted by atomic mass is 35.5. The highest BCUT2D eigenvalue weighted by Crippen LogP contribution is 2.19. The minimum atomic E-state index is -0.543. The molecule has 0 aliphatic heterocycles. The number of carbonyl (C=O) groups is 1. The third-order valence-corrected chi connectivity index (χ3v) is 2.27. The molecule has 0 aliphatic rings. The van der Waals surface area contributed by atoms with Crippen molar-refractivity contribution >= 4 is 35.2 Å². The summed E-state index contributed by atoms with van der Waals surface area (Å²) in [5, 5.41) is 0.560. The van der Waals surface area contributed by atoms with E-state index in [0.29, 0.717) is 17.2 Å². The van der Waals surface area contributed by atoms with Crippen molar-refractivity contribution in [2.24, 2.45) is 0 Å². The molecule has 2 nitrogen and oxygen atoms in total. The van der Waals surface area contributed by atoms with Gasteiger partial charge in [-0.3, -0.25) is 0 Å². The number of hydrogen-bond acceptors (Lipinski definition) is 2. The Kier molecular flexibility index (Phi) is 4.66. The average Bonchev–Trinajstić information content (AvgIpc) is 2.21. The number of halogens is 2. The van der Waals surface area contributed by atoms with Crippen LogP contribution >= 0.6 is 23.2 Å². The molecule has 0 heterocycles. The zero-order valence-electron chi connectivity index (χ0n) is 8.17. The molecule has 0 aromatic heterocycles. The van der Waals surface area contributed by atoms with Gasteiger partial charge in [0.2, 0.25) is 0 Å². The maximum Gasteiger partial charge on any atom is 0.349 e. The Morgan fingerprint density at radius 2 is 2.13 bits per heavy atom. The van der Waals surface area contributed by atoms with Gasteiger partial charge in [0.25, 0.3) is 0 Å². The molecular formula is C11H10Cl2O2. The van der Waals surface area contributed by atoms with Crippen LogP contribution in [0.5, 0.6) is 0 Å². The summed E-state index contributed by atoms with van der Waals surface area (Å²) in [6, 6.07) is 7.11. The monoisotopic (exact) mass is 244 g/mol. The molecule has 0 unspecified atom stereocenters. The molecule has 0 atom stereocenters. The van der Waals surface area contributed by atoms with Crippen LogP contribution in [0.4, 0.5) is 0 Å². The Hall–Kier alpha value is -0.990. The zero-order chi connectivity index (χ0) is 11.3. The molecule has 0 amide bonds. The normalized spacial score (nSPS) is 11.3. The molecule has 1 aromatic rings. The van der Waals surface area contributed by atoms with Crippen molar-refractivity contribution in [3.05, 3.63) is 39.9 Å². The number of esters is 1. The van der Waals surface area contributed by atoms with Gasteiger partial charge in [0.1, 0.15) is 5.03 Å². The molecule has 80 valence electrons. The maximum atomic E-state index is 11.2. The van der Waals surface area contributed by atoms with Crippen LogP contribution in [0, 0.1) is 0 Å². The lowest BCUT2D eigenvalue weighted by Gasteiger charge is -2.01. The summed E-state index contributed by atoms with van der Waals surface area (Å²) >= 11 is 11.6. The van der Waals surface area contributed by atoms with E-state index >= 15 is 0 Å². The lowest BCUT2D eigenvalue weighted by atomic mass is 10.2. The molecule has 0 bridgehead atoms. The lowest BCUT2D eigenvalue weighted by Crippen LogP contribution is -2.03. The summed E-state index contributed by atoms with van der Waals surface area (Å²) in [4.78, 5) is 11.2. The van der Waals surface area contributed by atoms with Crippen LogP contribution in [0.25, 0.3) is 6.08 Å². The van der Waals surface area contributed by atoms with Gasteiger partial charge in [0.05, 0.1) is 6.61 Å². The molecular weight excluding hydrogens is 235 g/mol. The van der Waals surface area contributed by atoms with E-state index in [1.54, 1.807) is 25.1 Å². The predicted octanol–water partition coefficient (Wildman–Crippen LogP) is 3.48. The molecule has 0 fully saturated rings. The van der Waals surface area contributed by atoms with Gasteiger partial charge in [0, 0.05) is 5.02 Å². The van der Waals surface area contributed by atoms with Crippen molar-refractivity contribution in [1.82, 2.24) is 0 Å². The van der Waals surface area contributed by atoms with Crippen LogP contribution in [0.15, 0.2) is 29.3 Å². The third kappa shape index (κ3) is 3.57. The predicted molar refractivity (Wildman–Crippen MR) is 61.9 cm³/mol. The standard InChI is InChI=1S/C11H10Cl2O2/c1-2-15-11(14)10(13)7-8-5-3-4-6-9(8)12/h3-7H,2H2,1H3/b10-7-. The van der Waals surface area contributed by atoms with E-state index in [2.05, 4.69) is 0 Å². The molecule has 0 spiro atoms. The van der Waals surface area contributed by atoms with Crippen molar-refractivity contribution in [2.45, 2.75) is 6.92 Å². The summed E-state index contributed by atoms with van der Waals surface area (Å²) in [5.74, 6) is -0.543. The highest BCUT2D eigenvalue weighted by molar-refractivity contribution is 6.43. The molecule has 1 rings (SSSR count). The number of ether oxygens (including phenoxy) is 1. The number of benzene rings is 1. The SMILES string of the molecule is CCOC(=O)/C(Cl)=C/c1ccccc1Cl. The van der Waals surface area contributed by atoms with E-state index < -0.39 is 5.97 Å². The Bertz CT molecular complexity index is 386. The smallest absolute Gasteiger partial charge is 0.349 e. The Morgan fingerprint density at radius 3 is 2.73 bits per heavy atom. The zero-order valence-corrected chi connectivity index (χ0v) is 9.68. The second kappa shape index (κ2) is 5.79. The summed E-state index contributed by atoms with van der Waals surface area (Å²) < 4.78 is 4.73. The van der Waals surface area contributed by atoms with Gasteiger partial charge < -0.3 is 4.74 Å². The first-order valence-electron chi connectivity index (χ1n) is 4.44.